The van der Waals surface area contributed by atoms with Gasteiger partial charge in [-0.15, -0.1) is 0 Å². The maximum atomic E-state index is 12.4. The Bertz CT molecular complexity index is 298. The van der Waals surface area contributed by atoms with Gasteiger partial charge in [-0.25, -0.2) is 4.39 Å². The Morgan fingerprint density at radius 3 is 2.42 bits per heavy atom. The summed E-state index contributed by atoms with van der Waals surface area (Å²) in [4.78, 5) is 10.2. The lowest BCUT2D eigenvalue weighted by atomic mass is 10.1. The largest absolute Gasteiger partial charge is 0.298 e. The summed E-state index contributed by atoms with van der Waals surface area (Å²) in [5.74, 6) is -0.268. The molecule has 0 amide bonds. The highest BCUT2D eigenvalue weighted by molar-refractivity contribution is 5.80. The van der Waals surface area contributed by atoms with Gasteiger partial charge in [-0.3, -0.25) is 4.79 Å². The Kier molecular flexibility index (Phi) is 2.75. The first-order valence-electron chi connectivity index (χ1n) is 3.61. The number of halogens is 1. The van der Waals surface area contributed by atoms with Crippen LogP contribution in [0, 0.1) is 5.82 Å². The topological polar surface area (TPSA) is 17.1 Å². The van der Waals surface area contributed by atoms with Crippen LogP contribution in [0.5, 0.6) is 0 Å². The highest BCUT2D eigenvalue weighted by Crippen LogP contribution is 2.06. The zero-order valence-electron chi connectivity index (χ0n) is 6.75. The minimum Gasteiger partial charge on any atom is -0.298 e. The van der Waals surface area contributed by atoms with Crippen molar-refractivity contribution in [3.05, 3.63) is 41.2 Å². The normalized spacial score (nSPS) is 11.3. The second-order valence-electron chi connectivity index (χ2n) is 2.56. The average Bonchev–Trinajstić information content (AvgIpc) is 2.09. The van der Waals surface area contributed by atoms with Gasteiger partial charge < -0.3 is 0 Å². The SMILES string of the molecule is CC(C=O)=Cc1ccc(F)cc1. The van der Waals surface area contributed by atoms with E-state index in [-0.39, 0.29) is 5.82 Å². The first-order valence-corrected chi connectivity index (χ1v) is 3.61. The smallest absolute Gasteiger partial charge is 0.145 e. The van der Waals surface area contributed by atoms with Crippen LogP contribution in [0.15, 0.2) is 29.8 Å². The second-order valence-corrected chi connectivity index (χ2v) is 2.56. The van der Waals surface area contributed by atoms with Gasteiger partial charge in [-0.2, -0.15) is 0 Å². The van der Waals surface area contributed by atoms with E-state index in [0.29, 0.717) is 5.57 Å². The zero-order chi connectivity index (χ0) is 8.97. The van der Waals surface area contributed by atoms with Crippen molar-refractivity contribution in [2.75, 3.05) is 0 Å². The van der Waals surface area contributed by atoms with Crippen molar-refractivity contribution >= 4 is 12.4 Å². The fourth-order valence-electron chi connectivity index (χ4n) is 0.856. The summed E-state index contributed by atoms with van der Waals surface area (Å²) in [6.07, 6.45) is 2.47. The lowest BCUT2D eigenvalue weighted by molar-refractivity contribution is -0.104. The second kappa shape index (κ2) is 3.81. The Hall–Kier alpha value is -1.44. The van der Waals surface area contributed by atoms with E-state index in [2.05, 4.69) is 0 Å². The van der Waals surface area contributed by atoms with E-state index in [1.807, 2.05) is 0 Å². The van der Waals surface area contributed by atoms with Crippen molar-refractivity contribution in [1.82, 2.24) is 0 Å². The number of hydrogen-bond acceptors (Lipinski definition) is 1. The third-order valence-corrected chi connectivity index (χ3v) is 1.45. The van der Waals surface area contributed by atoms with E-state index in [4.69, 9.17) is 0 Å². The molecule has 0 aromatic heterocycles. The molecule has 0 aliphatic heterocycles. The Morgan fingerprint density at radius 2 is 1.92 bits per heavy atom. The number of carbonyl (C=O) groups is 1. The van der Waals surface area contributed by atoms with E-state index in [0.717, 1.165) is 11.8 Å². The van der Waals surface area contributed by atoms with E-state index in [1.165, 1.54) is 12.1 Å². The van der Waals surface area contributed by atoms with Crippen LogP contribution in [0.1, 0.15) is 12.5 Å². The molecule has 0 aliphatic rings. The minimum atomic E-state index is -0.268. The van der Waals surface area contributed by atoms with Gasteiger partial charge >= 0.3 is 0 Å². The van der Waals surface area contributed by atoms with Crippen LogP contribution in [0.25, 0.3) is 6.08 Å². The van der Waals surface area contributed by atoms with Gasteiger partial charge in [0.15, 0.2) is 0 Å². The summed E-state index contributed by atoms with van der Waals surface area (Å²) in [6.45, 7) is 1.70. The van der Waals surface area contributed by atoms with Crippen LogP contribution < -0.4 is 0 Å². The van der Waals surface area contributed by atoms with Crippen molar-refractivity contribution in [3.63, 3.8) is 0 Å². The predicted octanol–water partition coefficient (Wildman–Crippen LogP) is 2.43. The molecule has 0 radical (unpaired) electrons. The first kappa shape index (κ1) is 8.65. The van der Waals surface area contributed by atoms with Gasteiger partial charge in [0.25, 0.3) is 0 Å². The molecule has 1 rings (SSSR count). The maximum absolute atomic E-state index is 12.4. The summed E-state index contributed by atoms with van der Waals surface area (Å²) >= 11 is 0. The molecule has 1 aromatic carbocycles. The number of rotatable bonds is 2. The Labute approximate surface area is 70.5 Å². The summed E-state index contributed by atoms with van der Waals surface area (Å²) in [5, 5.41) is 0. The molecule has 0 heterocycles. The quantitative estimate of drug-likeness (QED) is 0.484. The number of allylic oxidation sites excluding steroid dienone is 1. The molecule has 0 spiro atoms. The Balaban J connectivity index is 2.91. The standard InChI is InChI=1S/C10H9FO/c1-8(7-12)6-9-2-4-10(11)5-3-9/h2-7H,1H3. The number of hydrogen-bond donors (Lipinski definition) is 0. The van der Waals surface area contributed by atoms with Gasteiger partial charge in [-0.1, -0.05) is 12.1 Å². The molecule has 0 fully saturated rings. The fourth-order valence-corrected chi connectivity index (χ4v) is 0.856. The number of carbonyl (C=O) groups excluding carboxylic acids is 1. The molecule has 2 heteroatoms. The van der Waals surface area contributed by atoms with Gasteiger partial charge in [0.2, 0.25) is 0 Å². The van der Waals surface area contributed by atoms with Crippen molar-refractivity contribution in [1.29, 1.82) is 0 Å². The summed E-state index contributed by atoms with van der Waals surface area (Å²) in [7, 11) is 0. The van der Waals surface area contributed by atoms with Gasteiger partial charge in [0.1, 0.15) is 12.1 Å². The zero-order valence-corrected chi connectivity index (χ0v) is 6.75. The summed E-state index contributed by atoms with van der Waals surface area (Å²) < 4.78 is 12.4. The predicted molar refractivity (Wildman–Crippen MR) is 46.1 cm³/mol. The number of benzene rings is 1. The molecule has 0 unspecified atom stereocenters. The van der Waals surface area contributed by atoms with Crippen LogP contribution in [0.2, 0.25) is 0 Å². The molecule has 0 N–H and O–H groups in total. The highest BCUT2D eigenvalue weighted by Gasteiger charge is 1.90. The third-order valence-electron chi connectivity index (χ3n) is 1.45. The molecule has 12 heavy (non-hydrogen) atoms. The average molecular weight is 164 g/mol. The van der Waals surface area contributed by atoms with Crippen molar-refractivity contribution in [3.8, 4) is 0 Å². The molecule has 1 aromatic rings. The minimum absolute atomic E-state index is 0.268. The third kappa shape index (κ3) is 2.31. The van der Waals surface area contributed by atoms with Gasteiger partial charge in [-0.05, 0) is 36.3 Å². The molecular formula is C10H9FO. The first-order chi connectivity index (χ1) is 5.72. The molecule has 0 saturated heterocycles. The Morgan fingerprint density at radius 1 is 1.33 bits per heavy atom. The van der Waals surface area contributed by atoms with Gasteiger partial charge in [0.05, 0.1) is 0 Å². The van der Waals surface area contributed by atoms with Crippen LogP contribution in [-0.4, -0.2) is 6.29 Å². The molecule has 0 saturated carbocycles. The lowest BCUT2D eigenvalue weighted by Crippen LogP contribution is -1.78. The van der Waals surface area contributed by atoms with E-state index < -0.39 is 0 Å². The molecular weight excluding hydrogens is 155 g/mol. The molecule has 62 valence electrons. The summed E-state index contributed by atoms with van der Waals surface area (Å²) in [5.41, 5.74) is 1.46. The van der Waals surface area contributed by atoms with Crippen LogP contribution in [-0.2, 0) is 4.79 Å². The molecule has 1 nitrogen and oxygen atoms in total. The van der Waals surface area contributed by atoms with E-state index in [1.54, 1.807) is 25.1 Å². The highest BCUT2D eigenvalue weighted by atomic mass is 19.1. The molecule has 0 aliphatic carbocycles. The fraction of sp³-hybridized carbons (Fsp3) is 0.100. The van der Waals surface area contributed by atoms with E-state index in [9.17, 15) is 9.18 Å². The summed E-state index contributed by atoms with van der Waals surface area (Å²) in [6, 6.07) is 5.98. The number of aldehydes is 1. The van der Waals surface area contributed by atoms with Crippen LogP contribution in [0.4, 0.5) is 4.39 Å². The maximum Gasteiger partial charge on any atom is 0.145 e. The molecule has 0 atom stereocenters. The van der Waals surface area contributed by atoms with Crippen molar-refractivity contribution in [2.24, 2.45) is 0 Å². The lowest BCUT2D eigenvalue weighted by Gasteiger charge is -1.92. The monoisotopic (exact) mass is 164 g/mol. The van der Waals surface area contributed by atoms with Gasteiger partial charge in [0, 0.05) is 0 Å². The van der Waals surface area contributed by atoms with E-state index >= 15 is 0 Å². The van der Waals surface area contributed by atoms with Crippen LogP contribution in [0.3, 0.4) is 0 Å². The van der Waals surface area contributed by atoms with Crippen molar-refractivity contribution in [2.45, 2.75) is 6.92 Å². The van der Waals surface area contributed by atoms with Crippen LogP contribution >= 0.6 is 0 Å². The molecule has 0 bridgehead atoms. The van der Waals surface area contributed by atoms with Crippen molar-refractivity contribution < 1.29 is 9.18 Å².